The third-order valence-electron chi connectivity index (χ3n) is 2.01. The molecule has 0 spiro atoms. The molecule has 5 heteroatoms. The van der Waals surface area contributed by atoms with Gasteiger partial charge in [-0.1, -0.05) is 12.1 Å². The van der Waals surface area contributed by atoms with Gasteiger partial charge in [0.25, 0.3) is 0 Å². The Bertz CT molecular complexity index is 418. The highest BCUT2D eigenvalue weighted by atomic mass is 32.1. The first-order valence-corrected chi connectivity index (χ1v) is 6.35. The smallest absolute Gasteiger partial charge is 0.187 e. The molecule has 1 aromatic carbocycles. The summed E-state index contributed by atoms with van der Waals surface area (Å²) < 4.78 is 5.49. The lowest BCUT2D eigenvalue weighted by Gasteiger charge is -2.10. The van der Waals surface area contributed by atoms with Gasteiger partial charge in [0.2, 0.25) is 0 Å². The van der Waals surface area contributed by atoms with Crippen LogP contribution in [0.4, 0.5) is 0 Å². The fourth-order valence-electron chi connectivity index (χ4n) is 1.33. The Kier molecular flexibility index (Phi) is 6.14. The van der Waals surface area contributed by atoms with Crippen molar-refractivity contribution < 1.29 is 4.74 Å². The molecule has 0 amide bonds. The van der Waals surface area contributed by atoms with Crippen molar-refractivity contribution in [3.63, 3.8) is 0 Å². The first-order valence-electron chi connectivity index (χ1n) is 5.95. The van der Waals surface area contributed by atoms with Gasteiger partial charge in [-0.05, 0) is 45.1 Å². The number of para-hydroxylation sites is 1. The van der Waals surface area contributed by atoms with Crippen molar-refractivity contribution in [3.8, 4) is 5.75 Å². The lowest BCUT2D eigenvalue weighted by Crippen LogP contribution is -2.36. The highest BCUT2D eigenvalue weighted by Crippen LogP contribution is 2.15. The van der Waals surface area contributed by atoms with Gasteiger partial charge in [0.15, 0.2) is 5.11 Å². The Hall–Kier alpha value is -1.62. The Balaban J connectivity index is 2.58. The molecule has 2 N–H and O–H groups in total. The second kappa shape index (κ2) is 7.66. The van der Waals surface area contributed by atoms with E-state index in [1.807, 2.05) is 45.0 Å². The van der Waals surface area contributed by atoms with Gasteiger partial charge >= 0.3 is 0 Å². The minimum Gasteiger partial charge on any atom is -0.493 e. The molecule has 0 bridgehead atoms. The maximum Gasteiger partial charge on any atom is 0.187 e. The first-order chi connectivity index (χ1) is 8.63. The van der Waals surface area contributed by atoms with Crippen molar-refractivity contribution >= 4 is 23.5 Å². The lowest BCUT2D eigenvalue weighted by atomic mass is 10.2. The Labute approximate surface area is 113 Å². The quantitative estimate of drug-likeness (QED) is 0.487. The molecule has 0 saturated carbocycles. The number of benzene rings is 1. The van der Waals surface area contributed by atoms with Crippen LogP contribution in [-0.4, -0.2) is 24.0 Å². The van der Waals surface area contributed by atoms with Crippen molar-refractivity contribution in [2.45, 2.75) is 26.8 Å². The van der Waals surface area contributed by atoms with E-state index in [0.717, 1.165) is 11.3 Å². The summed E-state index contributed by atoms with van der Waals surface area (Å²) in [6.45, 7) is 6.61. The molecule has 0 aliphatic heterocycles. The fraction of sp³-hybridized carbons (Fsp3) is 0.385. The summed E-state index contributed by atoms with van der Waals surface area (Å²) in [5.74, 6) is 0.813. The average Bonchev–Trinajstić information content (AvgIpc) is 2.30. The normalized spacial score (nSPS) is 10.7. The number of hydrazone groups is 1. The van der Waals surface area contributed by atoms with Crippen molar-refractivity contribution in [3.05, 3.63) is 29.8 Å². The van der Waals surface area contributed by atoms with Gasteiger partial charge in [-0.3, -0.25) is 5.43 Å². The van der Waals surface area contributed by atoms with Crippen LogP contribution in [0.25, 0.3) is 0 Å². The third kappa shape index (κ3) is 5.14. The van der Waals surface area contributed by atoms with E-state index in [0.29, 0.717) is 11.7 Å². The van der Waals surface area contributed by atoms with E-state index in [1.54, 1.807) is 6.21 Å². The topological polar surface area (TPSA) is 45.6 Å². The molecule has 1 aromatic rings. The minimum atomic E-state index is 0.288. The van der Waals surface area contributed by atoms with Crippen LogP contribution in [0.3, 0.4) is 0 Å². The van der Waals surface area contributed by atoms with Gasteiger partial charge in [-0.2, -0.15) is 5.10 Å². The van der Waals surface area contributed by atoms with Crippen LogP contribution in [0.1, 0.15) is 26.3 Å². The molecule has 0 aliphatic carbocycles. The third-order valence-corrected chi connectivity index (χ3v) is 2.22. The molecule has 0 fully saturated rings. The molecule has 18 heavy (non-hydrogen) atoms. The summed E-state index contributed by atoms with van der Waals surface area (Å²) in [7, 11) is 0. The summed E-state index contributed by atoms with van der Waals surface area (Å²) in [6, 6.07) is 8.01. The van der Waals surface area contributed by atoms with Crippen LogP contribution in [0.2, 0.25) is 0 Å². The maximum atomic E-state index is 5.49. The van der Waals surface area contributed by atoms with E-state index in [9.17, 15) is 0 Å². The number of ether oxygens (including phenoxy) is 1. The number of hydrogen-bond acceptors (Lipinski definition) is 3. The molecular weight excluding hydrogens is 246 g/mol. The standard InChI is InChI=1S/C13H19N3OS/c1-4-17-12-8-6-5-7-11(12)9-14-16-13(18)15-10(2)3/h5-10H,4H2,1-3H3,(H2,15,16,18). The predicted molar refractivity (Wildman–Crippen MR) is 79.2 cm³/mol. The molecule has 4 nitrogen and oxygen atoms in total. The van der Waals surface area contributed by atoms with Crippen LogP contribution in [0.5, 0.6) is 5.75 Å². The number of hydrogen-bond donors (Lipinski definition) is 2. The number of rotatable bonds is 5. The Morgan fingerprint density at radius 2 is 2.17 bits per heavy atom. The second-order valence-corrected chi connectivity index (χ2v) is 4.38. The zero-order valence-electron chi connectivity index (χ0n) is 10.9. The van der Waals surface area contributed by atoms with Crippen molar-refractivity contribution in [1.29, 1.82) is 0 Å². The van der Waals surface area contributed by atoms with E-state index in [1.165, 1.54) is 0 Å². The monoisotopic (exact) mass is 265 g/mol. The van der Waals surface area contributed by atoms with Crippen molar-refractivity contribution in [2.24, 2.45) is 5.10 Å². The Morgan fingerprint density at radius 3 is 2.83 bits per heavy atom. The van der Waals surface area contributed by atoms with Gasteiger partial charge in [0.05, 0.1) is 12.8 Å². The van der Waals surface area contributed by atoms with E-state index < -0.39 is 0 Å². The molecule has 0 saturated heterocycles. The van der Waals surface area contributed by atoms with Crippen LogP contribution in [0.15, 0.2) is 29.4 Å². The number of nitrogens with one attached hydrogen (secondary N) is 2. The van der Waals surface area contributed by atoms with Gasteiger partial charge < -0.3 is 10.1 Å². The van der Waals surface area contributed by atoms with Crippen LogP contribution in [-0.2, 0) is 0 Å². The first kappa shape index (κ1) is 14.4. The molecule has 0 atom stereocenters. The molecule has 1 rings (SSSR count). The summed E-state index contributed by atoms with van der Waals surface area (Å²) >= 11 is 5.06. The molecular formula is C13H19N3OS. The highest BCUT2D eigenvalue weighted by molar-refractivity contribution is 7.80. The molecule has 0 radical (unpaired) electrons. The zero-order valence-corrected chi connectivity index (χ0v) is 11.8. The van der Waals surface area contributed by atoms with Gasteiger partial charge in [0, 0.05) is 11.6 Å². The van der Waals surface area contributed by atoms with Crippen LogP contribution in [0, 0.1) is 0 Å². The summed E-state index contributed by atoms with van der Waals surface area (Å²) in [5, 5.41) is 7.63. The molecule has 0 aromatic heterocycles. The van der Waals surface area contributed by atoms with Crippen molar-refractivity contribution in [1.82, 2.24) is 10.7 Å². The van der Waals surface area contributed by atoms with E-state index in [-0.39, 0.29) is 6.04 Å². The zero-order chi connectivity index (χ0) is 13.4. The van der Waals surface area contributed by atoms with E-state index in [2.05, 4.69) is 15.8 Å². The summed E-state index contributed by atoms with van der Waals surface area (Å²) in [4.78, 5) is 0. The van der Waals surface area contributed by atoms with E-state index in [4.69, 9.17) is 17.0 Å². The second-order valence-electron chi connectivity index (χ2n) is 3.97. The lowest BCUT2D eigenvalue weighted by molar-refractivity contribution is 0.340. The molecule has 0 heterocycles. The molecule has 98 valence electrons. The number of thiocarbonyl (C=S) groups is 1. The fourth-order valence-corrected chi connectivity index (χ4v) is 1.62. The largest absolute Gasteiger partial charge is 0.493 e. The summed E-state index contributed by atoms with van der Waals surface area (Å²) in [6.07, 6.45) is 1.69. The van der Waals surface area contributed by atoms with Gasteiger partial charge in [0.1, 0.15) is 5.75 Å². The van der Waals surface area contributed by atoms with Gasteiger partial charge in [-0.15, -0.1) is 0 Å². The maximum absolute atomic E-state index is 5.49. The SMILES string of the molecule is CCOc1ccccc1C=NNC(=S)NC(C)C. The van der Waals surface area contributed by atoms with Crippen molar-refractivity contribution in [2.75, 3.05) is 6.61 Å². The highest BCUT2D eigenvalue weighted by Gasteiger charge is 1.99. The molecule has 0 unspecified atom stereocenters. The molecule has 0 aliphatic rings. The van der Waals surface area contributed by atoms with Crippen LogP contribution < -0.4 is 15.5 Å². The predicted octanol–water partition coefficient (Wildman–Crippen LogP) is 2.29. The Morgan fingerprint density at radius 1 is 1.44 bits per heavy atom. The number of nitrogens with zero attached hydrogens (tertiary/aromatic N) is 1. The average molecular weight is 265 g/mol. The van der Waals surface area contributed by atoms with Crippen LogP contribution >= 0.6 is 12.2 Å². The van der Waals surface area contributed by atoms with E-state index >= 15 is 0 Å². The van der Waals surface area contributed by atoms with Gasteiger partial charge in [-0.25, -0.2) is 0 Å². The summed E-state index contributed by atoms with van der Waals surface area (Å²) in [5.41, 5.74) is 3.68. The minimum absolute atomic E-state index is 0.288.